The SMILES string of the molecule is C[CH-]C1=C(C)CC=C1.[CH2-]CCC.[CH2-]CCC.[Pt]. The molecule has 0 radical (unpaired) electrons. The van der Waals surface area contributed by atoms with Gasteiger partial charge in [-0.2, -0.15) is 36.5 Å². The predicted octanol–water partition coefficient (Wildman–Crippen LogP) is 5.73. The molecule has 0 nitrogen and oxygen atoms in total. The average molecular weight is 416 g/mol. The van der Waals surface area contributed by atoms with E-state index >= 15 is 0 Å². The minimum atomic E-state index is 0. The summed E-state index contributed by atoms with van der Waals surface area (Å²) in [5, 5.41) is 0. The molecule has 0 atom stereocenters. The molecule has 0 aromatic heterocycles. The molecule has 0 heterocycles. The summed E-state index contributed by atoms with van der Waals surface area (Å²) in [5.41, 5.74) is 2.90. The number of rotatable bonds is 3. The van der Waals surface area contributed by atoms with Gasteiger partial charge in [0.1, 0.15) is 0 Å². The van der Waals surface area contributed by atoms with Crippen molar-refractivity contribution in [2.24, 2.45) is 0 Å². The molecule has 106 valence electrons. The molecule has 0 bridgehead atoms. The zero-order valence-corrected chi connectivity index (χ0v) is 14.3. The van der Waals surface area contributed by atoms with Crippen LogP contribution in [0.1, 0.15) is 59.8 Å². The van der Waals surface area contributed by atoms with Crippen molar-refractivity contribution >= 4 is 0 Å². The molecule has 0 fully saturated rings. The molecule has 1 heteroatoms. The van der Waals surface area contributed by atoms with E-state index in [0.29, 0.717) is 0 Å². The van der Waals surface area contributed by atoms with Crippen molar-refractivity contribution in [3.63, 3.8) is 0 Å². The van der Waals surface area contributed by atoms with E-state index in [-0.39, 0.29) is 21.1 Å². The van der Waals surface area contributed by atoms with Crippen LogP contribution in [-0.2, 0) is 21.1 Å². The smallest absolute Gasteiger partial charge is 0 e. The fourth-order valence-electron chi connectivity index (χ4n) is 0.965. The summed E-state index contributed by atoms with van der Waals surface area (Å²) in [7, 11) is 0. The van der Waals surface area contributed by atoms with Crippen molar-refractivity contribution in [1.82, 2.24) is 0 Å². The molecular weight excluding hydrogens is 387 g/mol. The number of hydrogen-bond donors (Lipinski definition) is 0. The third kappa shape index (κ3) is 16.0. The van der Waals surface area contributed by atoms with Gasteiger partial charge in [-0.1, -0.05) is 47.0 Å². The molecule has 0 spiro atoms. The van der Waals surface area contributed by atoms with Crippen LogP contribution in [0.15, 0.2) is 23.3 Å². The Morgan fingerprint density at radius 1 is 1.18 bits per heavy atom. The second-order valence-corrected chi connectivity index (χ2v) is 3.84. The van der Waals surface area contributed by atoms with Crippen molar-refractivity contribution in [3.05, 3.63) is 43.6 Å². The maximum Gasteiger partial charge on any atom is 0 e. The van der Waals surface area contributed by atoms with Gasteiger partial charge >= 0.3 is 0 Å². The van der Waals surface area contributed by atoms with Crippen LogP contribution in [0.4, 0.5) is 0 Å². The summed E-state index contributed by atoms with van der Waals surface area (Å²) in [6.45, 7) is 15.7. The van der Waals surface area contributed by atoms with E-state index in [4.69, 9.17) is 0 Å². The molecule has 1 rings (SSSR count). The van der Waals surface area contributed by atoms with Gasteiger partial charge < -0.3 is 13.8 Å². The summed E-state index contributed by atoms with van der Waals surface area (Å²) >= 11 is 0. The number of unbranched alkanes of at least 4 members (excludes halogenated alkanes) is 2. The third-order valence-electron chi connectivity index (χ3n) is 2.23. The Morgan fingerprint density at radius 2 is 1.59 bits per heavy atom. The average Bonchev–Trinajstić information content (AvgIpc) is 2.75. The Morgan fingerprint density at radius 3 is 1.71 bits per heavy atom. The Kier molecular flexibility index (Phi) is 24.1. The standard InChI is InChI=1S/C8H11.2C4H9.Pt/c1-3-8-6-4-5-7(8)2;2*1-3-4-2;/h3-4,6H,5H2,1-2H3;2*1,3-4H2,2H3;/q3*-1;. The number of hydrogen-bond acceptors (Lipinski definition) is 0. The van der Waals surface area contributed by atoms with Gasteiger partial charge in [-0.25, -0.2) is 0 Å². The topological polar surface area (TPSA) is 0 Å². The van der Waals surface area contributed by atoms with Crippen LogP contribution in [0, 0.1) is 20.3 Å². The second kappa shape index (κ2) is 18.4. The molecule has 0 N–H and O–H groups in total. The predicted molar refractivity (Wildman–Crippen MR) is 77.0 cm³/mol. The molecule has 1 aliphatic rings. The van der Waals surface area contributed by atoms with Crippen LogP contribution in [0.5, 0.6) is 0 Å². The van der Waals surface area contributed by atoms with Crippen molar-refractivity contribution in [1.29, 1.82) is 0 Å². The van der Waals surface area contributed by atoms with Crippen molar-refractivity contribution in [2.75, 3.05) is 0 Å². The zero-order chi connectivity index (χ0) is 12.8. The minimum absolute atomic E-state index is 0. The molecule has 0 aromatic rings. The van der Waals surface area contributed by atoms with Crippen LogP contribution in [-0.4, -0.2) is 0 Å². The van der Waals surface area contributed by atoms with E-state index in [1.807, 2.05) is 0 Å². The molecule has 0 unspecified atom stereocenters. The maximum absolute atomic E-state index is 3.60. The van der Waals surface area contributed by atoms with E-state index in [1.165, 1.54) is 24.0 Å². The van der Waals surface area contributed by atoms with Crippen LogP contribution in [0.2, 0.25) is 0 Å². The van der Waals surface area contributed by atoms with Crippen molar-refractivity contribution in [3.8, 4) is 0 Å². The van der Waals surface area contributed by atoms with Gasteiger partial charge in [0.05, 0.1) is 0 Å². The minimum Gasteiger partial charge on any atom is -0.343 e. The van der Waals surface area contributed by atoms with E-state index in [1.54, 1.807) is 0 Å². The largest absolute Gasteiger partial charge is 0.343 e. The van der Waals surface area contributed by atoms with E-state index in [2.05, 4.69) is 60.1 Å². The summed E-state index contributed by atoms with van der Waals surface area (Å²) < 4.78 is 0. The van der Waals surface area contributed by atoms with Crippen LogP contribution >= 0.6 is 0 Å². The normalized spacial score (nSPS) is 11.9. The first kappa shape index (κ1) is 22.2. The van der Waals surface area contributed by atoms with Gasteiger partial charge in [0.15, 0.2) is 0 Å². The van der Waals surface area contributed by atoms with Gasteiger partial charge in [-0.15, -0.1) is 6.08 Å². The maximum atomic E-state index is 3.60. The molecule has 0 aromatic carbocycles. The Balaban J connectivity index is -0.000000189. The van der Waals surface area contributed by atoms with Gasteiger partial charge in [-0.05, 0) is 0 Å². The molecule has 17 heavy (non-hydrogen) atoms. The number of allylic oxidation sites excluding steroid dienone is 4. The monoisotopic (exact) mass is 416 g/mol. The summed E-state index contributed by atoms with van der Waals surface area (Å²) in [6, 6.07) is 0. The van der Waals surface area contributed by atoms with Crippen LogP contribution in [0.25, 0.3) is 0 Å². The summed E-state index contributed by atoms with van der Waals surface area (Å²) in [6.07, 6.45) is 12.2. The summed E-state index contributed by atoms with van der Waals surface area (Å²) in [5.74, 6) is 0. The van der Waals surface area contributed by atoms with Gasteiger partial charge in [0, 0.05) is 21.1 Å². The van der Waals surface area contributed by atoms with E-state index in [9.17, 15) is 0 Å². The van der Waals surface area contributed by atoms with Crippen LogP contribution in [0.3, 0.4) is 0 Å². The van der Waals surface area contributed by atoms with Crippen molar-refractivity contribution < 1.29 is 21.1 Å². The zero-order valence-electron chi connectivity index (χ0n) is 12.0. The third-order valence-corrected chi connectivity index (χ3v) is 2.23. The summed E-state index contributed by atoms with van der Waals surface area (Å²) in [4.78, 5) is 0. The van der Waals surface area contributed by atoms with Gasteiger partial charge in [0.25, 0.3) is 0 Å². The Bertz CT molecular complexity index is 182. The Labute approximate surface area is 124 Å². The van der Waals surface area contributed by atoms with Gasteiger partial charge in [0.2, 0.25) is 0 Å². The molecule has 0 aliphatic heterocycles. The molecular formula is C16H29Pt-3. The van der Waals surface area contributed by atoms with E-state index < -0.39 is 0 Å². The van der Waals surface area contributed by atoms with Gasteiger partial charge in [-0.3, -0.25) is 0 Å². The van der Waals surface area contributed by atoms with Crippen LogP contribution < -0.4 is 0 Å². The Hall–Kier alpha value is 0.0383. The van der Waals surface area contributed by atoms with Crippen molar-refractivity contribution in [2.45, 2.75) is 59.8 Å². The fraction of sp³-hybridized carbons (Fsp3) is 0.562. The second-order valence-electron chi connectivity index (χ2n) is 3.84. The molecule has 0 saturated carbocycles. The first-order chi connectivity index (χ1) is 7.67. The first-order valence-electron chi connectivity index (χ1n) is 6.41. The quantitative estimate of drug-likeness (QED) is 0.516. The molecule has 0 saturated heterocycles. The first-order valence-corrected chi connectivity index (χ1v) is 6.41. The fourth-order valence-corrected chi connectivity index (χ4v) is 0.965. The molecule has 1 aliphatic carbocycles. The van der Waals surface area contributed by atoms with E-state index in [0.717, 1.165) is 19.3 Å². The molecule has 0 amide bonds.